The van der Waals surface area contributed by atoms with Gasteiger partial charge in [0.1, 0.15) is 12.4 Å². The van der Waals surface area contributed by atoms with E-state index < -0.39 is 5.82 Å². The summed E-state index contributed by atoms with van der Waals surface area (Å²) >= 11 is 0. The van der Waals surface area contributed by atoms with Gasteiger partial charge in [0.15, 0.2) is 11.6 Å². The molecule has 0 amide bonds. The quantitative estimate of drug-likeness (QED) is 0.842. The molecule has 0 saturated carbocycles. The van der Waals surface area contributed by atoms with Gasteiger partial charge < -0.3 is 4.74 Å². The zero-order chi connectivity index (χ0) is 13.7. The second kappa shape index (κ2) is 6.05. The topological polar surface area (TPSA) is 56.3 Å². The molecule has 100 valence electrons. The highest BCUT2D eigenvalue weighted by Gasteiger charge is 2.07. The minimum absolute atomic E-state index is 0.00900. The average molecular weight is 267 g/mol. The lowest BCUT2D eigenvalue weighted by Gasteiger charge is -2.07. The van der Waals surface area contributed by atoms with Crippen LogP contribution in [-0.2, 0) is 11.4 Å². The number of rotatable bonds is 5. The molecule has 2 aromatic rings. The summed E-state index contributed by atoms with van der Waals surface area (Å²) in [5, 5.41) is 0. The number of hydrogen-bond acceptors (Lipinski definition) is 5. The van der Waals surface area contributed by atoms with E-state index in [1.54, 1.807) is 12.1 Å². The fourth-order valence-corrected chi connectivity index (χ4v) is 1.32. The van der Waals surface area contributed by atoms with E-state index in [1.807, 2.05) is 0 Å². The maximum Gasteiger partial charge on any atom is 0.318 e. The van der Waals surface area contributed by atoms with E-state index in [1.165, 1.54) is 19.2 Å². The highest BCUT2D eigenvalue weighted by atomic mass is 19.1. The summed E-state index contributed by atoms with van der Waals surface area (Å²) in [7, 11) is 1.33. The smallest absolute Gasteiger partial charge is 0.318 e. The lowest BCUT2D eigenvalue weighted by atomic mass is 10.2. The Hall–Kier alpha value is -2.28. The van der Waals surface area contributed by atoms with E-state index in [2.05, 4.69) is 20.3 Å². The second-order valence-corrected chi connectivity index (χ2v) is 3.57. The molecule has 0 bridgehead atoms. The maximum atomic E-state index is 13.2. The van der Waals surface area contributed by atoms with E-state index in [-0.39, 0.29) is 24.3 Å². The van der Waals surface area contributed by atoms with E-state index in [9.17, 15) is 8.78 Å². The van der Waals surface area contributed by atoms with Crippen LogP contribution in [0.2, 0.25) is 0 Å². The molecule has 5 nitrogen and oxygen atoms in total. The molecule has 0 fully saturated rings. The first kappa shape index (κ1) is 13.2. The molecule has 7 heteroatoms. The van der Waals surface area contributed by atoms with Gasteiger partial charge in [0, 0.05) is 0 Å². The van der Waals surface area contributed by atoms with Crippen molar-refractivity contribution in [2.75, 3.05) is 12.6 Å². The fourth-order valence-electron chi connectivity index (χ4n) is 1.32. The van der Waals surface area contributed by atoms with Crippen LogP contribution < -0.4 is 10.2 Å². The molecule has 0 aliphatic carbocycles. The van der Waals surface area contributed by atoms with Gasteiger partial charge in [-0.05, 0) is 17.7 Å². The number of ether oxygens (including phenoxy) is 1. The van der Waals surface area contributed by atoms with Crippen LogP contribution in [0.5, 0.6) is 6.01 Å². The van der Waals surface area contributed by atoms with E-state index in [4.69, 9.17) is 4.74 Å². The first-order valence-electron chi connectivity index (χ1n) is 5.38. The van der Waals surface area contributed by atoms with Crippen molar-refractivity contribution in [3.8, 4) is 6.01 Å². The number of nitrogens with one attached hydrogen (secondary N) is 1. The summed E-state index contributed by atoms with van der Waals surface area (Å²) in [5.41, 5.74) is 3.01. The molecule has 0 atom stereocenters. The minimum Gasteiger partial charge on any atom is -0.459 e. The Morgan fingerprint density at radius 3 is 2.63 bits per heavy atom. The molecule has 1 heterocycles. The van der Waals surface area contributed by atoms with E-state index in [0.717, 1.165) is 11.8 Å². The molecule has 0 unspecified atom stereocenters. The van der Waals surface area contributed by atoms with Gasteiger partial charge in [-0.3, -0.25) is 4.84 Å². The van der Waals surface area contributed by atoms with Crippen molar-refractivity contribution in [2.45, 2.75) is 6.61 Å². The largest absolute Gasteiger partial charge is 0.459 e. The summed E-state index contributed by atoms with van der Waals surface area (Å²) in [6.45, 7) is 0.151. The molecule has 1 aromatic heterocycles. The number of anilines is 1. The zero-order valence-corrected chi connectivity index (χ0v) is 10.1. The Morgan fingerprint density at radius 1 is 1.21 bits per heavy atom. The number of halogens is 2. The monoisotopic (exact) mass is 267 g/mol. The lowest BCUT2D eigenvalue weighted by Crippen LogP contribution is -2.05. The van der Waals surface area contributed by atoms with E-state index in [0.29, 0.717) is 0 Å². The maximum absolute atomic E-state index is 13.2. The van der Waals surface area contributed by atoms with Crippen LogP contribution in [0.4, 0.5) is 14.6 Å². The summed E-state index contributed by atoms with van der Waals surface area (Å²) in [5.74, 6) is -1.10. The predicted octanol–water partition coefficient (Wildman–Crippen LogP) is 2.31. The molecule has 0 aliphatic rings. The normalized spacial score (nSPS) is 10.3. The molecule has 2 rings (SSSR count). The Kier molecular flexibility index (Phi) is 4.19. The van der Waals surface area contributed by atoms with Crippen LogP contribution in [-0.4, -0.2) is 17.1 Å². The Labute approximate surface area is 108 Å². The van der Waals surface area contributed by atoms with E-state index >= 15 is 0 Å². The first-order valence-corrected chi connectivity index (χ1v) is 5.38. The molecule has 0 radical (unpaired) electrons. The van der Waals surface area contributed by atoms with Gasteiger partial charge in [-0.2, -0.15) is 4.98 Å². The predicted molar refractivity (Wildman–Crippen MR) is 63.4 cm³/mol. The highest BCUT2D eigenvalue weighted by molar-refractivity contribution is 5.33. The number of nitrogens with zero attached hydrogens (tertiary/aromatic N) is 2. The van der Waals surface area contributed by atoms with Crippen molar-refractivity contribution in [1.29, 1.82) is 0 Å². The molecule has 1 N–H and O–H groups in total. The Balaban J connectivity index is 2.03. The van der Waals surface area contributed by atoms with Gasteiger partial charge >= 0.3 is 6.01 Å². The van der Waals surface area contributed by atoms with Gasteiger partial charge in [-0.1, -0.05) is 12.1 Å². The lowest BCUT2D eigenvalue weighted by molar-refractivity contribution is 0.258. The number of hydrogen-bond donors (Lipinski definition) is 1. The Morgan fingerprint density at radius 2 is 1.95 bits per heavy atom. The number of benzene rings is 1. The zero-order valence-electron chi connectivity index (χ0n) is 10.1. The fraction of sp³-hybridized carbons (Fsp3) is 0.167. The molecular weight excluding hydrogens is 256 g/mol. The molecule has 0 spiro atoms. The number of aromatic nitrogens is 2. The van der Waals surface area contributed by atoms with Crippen molar-refractivity contribution in [2.24, 2.45) is 0 Å². The molecular formula is C12H11F2N3O2. The van der Waals surface area contributed by atoms with Crippen molar-refractivity contribution in [1.82, 2.24) is 9.97 Å². The van der Waals surface area contributed by atoms with Crippen molar-refractivity contribution in [3.05, 3.63) is 47.7 Å². The van der Waals surface area contributed by atoms with Gasteiger partial charge in [0.2, 0.25) is 0 Å². The standard InChI is InChI=1S/C12H11F2N3O2/c1-18-17-11-10(14)6-15-12(16-11)19-7-8-2-4-9(13)5-3-8/h2-6H,7H2,1H3,(H,15,16,17). The van der Waals surface area contributed by atoms with Gasteiger partial charge in [0.25, 0.3) is 0 Å². The summed E-state index contributed by atoms with van der Waals surface area (Å²) in [6.07, 6.45) is 0.967. The van der Waals surface area contributed by atoms with Crippen LogP contribution in [0.3, 0.4) is 0 Å². The summed E-state index contributed by atoms with van der Waals surface area (Å²) in [4.78, 5) is 12.0. The molecule has 19 heavy (non-hydrogen) atoms. The molecule has 0 saturated heterocycles. The highest BCUT2D eigenvalue weighted by Crippen LogP contribution is 2.14. The average Bonchev–Trinajstić information content (AvgIpc) is 2.42. The summed E-state index contributed by atoms with van der Waals surface area (Å²) < 4.78 is 31.2. The summed E-state index contributed by atoms with van der Waals surface area (Å²) in [6, 6.07) is 5.79. The van der Waals surface area contributed by atoms with Crippen LogP contribution in [0.25, 0.3) is 0 Å². The SMILES string of the molecule is CONc1nc(OCc2ccc(F)cc2)ncc1F. The van der Waals surface area contributed by atoms with Crippen LogP contribution in [0.1, 0.15) is 5.56 Å². The third-order valence-corrected chi connectivity index (χ3v) is 2.20. The van der Waals surface area contributed by atoms with Gasteiger partial charge in [-0.15, -0.1) is 0 Å². The van der Waals surface area contributed by atoms with Gasteiger partial charge in [-0.25, -0.2) is 19.2 Å². The van der Waals surface area contributed by atoms with Crippen LogP contribution in [0.15, 0.2) is 30.5 Å². The minimum atomic E-state index is -0.656. The van der Waals surface area contributed by atoms with Crippen molar-refractivity contribution in [3.63, 3.8) is 0 Å². The molecule has 0 aliphatic heterocycles. The first-order chi connectivity index (χ1) is 9.19. The Bertz CT molecular complexity index is 549. The van der Waals surface area contributed by atoms with Crippen LogP contribution in [0, 0.1) is 11.6 Å². The van der Waals surface area contributed by atoms with Gasteiger partial charge in [0.05, 0.1) is 13.3 Å². The van der Waals surface area contributed by atoms with Crippen molar-refractivity contribution < 1.29 is 18.4 Å². The van der Waals surface area contributed by atoms with Crippen LogP contribution >= 0.6 is 0 Å². The second-order valence-electron chi connectivity index (χ2n) is 3.57. The third-order valence-electron chi connectivity index (χ3n) is 2.20. The third kappa shape index (κ3) is 3.59. The van der Waals surface area contributed by atoms with Crippen molar-refractivity contribution >= 4 is 5.82 Å². The molecule has 1 aromatic carbocycles.